The topological polar surface area (TPSA) is 95.6 Å². The minimum Gasteiger partial charge on any atom is -0.495 e. The van der Waals surface area contributed by atoms with Gasteiger partial charge >= 0.3 is 0 Å². The number of fused-ring (bicyclic) bond motifs is 2. The zero-order valence-corrected chi connectivity index (χ0v) is 17.8. The number of hydrogen-bond donors (Lipinski definition) is 2. The van der Waals surface area contributed by atoms with E-state index in [1.807, 2.05) is 30.6 Å². The largest absolute Gasteiger partial charge is 0.495 e. The van der Waals surface area contributed by atoms with Crippen molar-refractivity contribution < 1.29 is 4.74 Å². The predicted octanol–water partition coefficient (Wildman–Crippen LogP) is 4.56. The van der Waals surface area contributed by atoms with Crippen molar-refractivity contribution in [3.8, 4) is 28.4 Å². The molecule has 5 aromatic heterocycles. The van der Waals surface area contributed by atoms with Crippen LogP contribution in [0.15, 0.2) is 49.1 Å². The Bertz CT molecular complexity index is 1410. The van der Waals surface area contributed by atoms with Crippen molar-refractivity contribution in [2.75, 3.05) is 25.1 Å². The third-order valence-corrected chi connectivity index (χ3v) is 6.13. The van der Waals surface area contributed by atoms with Gasteiger partial charge in [-0.3, -0.25) is 15.1 Å². The Morgan fingerprint density at radius 3 is 2.69 bits per heavy atom. The third-order valence-electron chi connectivity index (χ3n) is 6.13. The molecule has 8 heteroatoms. The maximum Gasteiger partial charge on any atom is 0.137 e. The van der Waals surface area contributed by atoms with Crippen LogP contribution in [0.4, 0.5) is 5.69 Å². The number of ether oxygens (including phenoxy) is 1. The molecular weight excluding hydrogens is 402 g/mol. The first-order chi connectivity index (χ1) is 15.8. The molecule has 6 heterocycles. The monoisotopic (exact) mass is 425 g/mol. The first-order valence-electron chi connectivity index (χ1n) is 10.9. The quantitative estimate of drug-likeness (QED) is 0.438. The molecule has 1 saturated heterocycles. The molecule has 32 heavy (non-hydrogen) atoms. The van der Waals surface area contributed by atoms with E-state index in [1.54, 1.807) is 19.5 Å². The van der Waals surface area contributed by atoms with E-state index in [0.29, 0.717) is 5.75 Å². The van der Waals surface area contributed by atoms with Crippen molar-refractivity contribution in [2.45, 2.75) is 19.3 Å². The summed E-state index contributed by atoms with van der Waals surface area (Å²) < 4.78 is 5.31. The number of H-pyrrole nitrogens is 2. The van der Waals surface area contributed by atoms with Gasteiger partial charge in [0.1, 0.15) is 17.0 Å². The SMILES string of the molecule is COc1cncc(-c2ccc3[nH]nc(-c4cc5c(N6CCCCC6)cncc5[nH]4)c3n2)c1. The van der Waals surface area contributed by atoms with Crippen molar-refractivity contribution in [1.82, 2.24) is 30.1 Å². The van der Waals surface area contributed by atoms with E-state index in [-0.39, 0.29) is 0 Å². The fourth-order valence-corrected chi connectivity index (χ4v) is 4.47. The van der Waals surface area contributed by atoms with Gasteiger partial charge in [0.2, 0.25) is 0 Å². The normalized spacial score (nSPS) is 14.3. The van der Waals surface area contributed by atoms with Crippen molar-refractivity contribution >= 4 is 27.6 Å². The van der Waals surface area contributed by atoms with Crippen LogP contribution in [-0.4, -0.2) is 50.3 Å². The summed E-state index contributed by atoms with van der Waals surface area (Å²) in [5.41, 5.74) is 7.31. The number of methoxy groups -OCH3 is 1. The average molecular weight is 425 g/mol. The van der Waals surface area contributed by atoms with Crippen LogP contribution in [0.1, 0.15) is 19.3 Å². The number of rotatable bonds is 4. The molecule has 8 nitrogen and oxygen atoms in total. The first kappa shape index (κ1) is 18.8. The van der Waals surface area contributed by atoms with Gasteiger partial charge in [-0.05, 0) is 43.5 Å². The molecule has 0 amide bonds. The van der Waals surface area contributed by atoms with Gasteiger partial charge in [0.25, 0.3) is 0 Å². The summed E-state index contributed by atoms with van der Waals surface area (Å²) in [4.78, 5) is 19.6. The standard InChI is InChI=1S/C24H23N7O/c1-32-16-9-15(11-25-12-16)18-5-6-19-23(28-18)24(30-29-19)20-10-17-21(27-20)13-26-14-22(17)31-7-3-2-4-8-31/h5-6,9-14,27H,2-4,7-8H2,1H3,(H,29,30). The summed E-state index contributed by atoms with van der Waals surface area (Å²) in [6.45, 7) is 2.15. The molecule has 0 radical (unpaired) electrons. The van der Waals surface area contributed by atoms with Crippen molar-refractivity contribution in [2.24, 2.45) is 0 Å². The third kappa shape index (κ3) is 3.15. The molecule has 0 unspecified atom stereocenters. The summed E-state index contributed by atoms with van der Waals surface area (Å²) in [6.07, 6.45) is 11.1. The maximum absolute atomic E-state index is 5.31. The number of pyridine rings is 3. The van der Waals surface area contributed by atoms with Crippen LogP contribution in [0.5, 0.6) is 5.75 Å². The summed E-state index contributed by atoms with van der Waals surface area (Å²) in [5.74, 6) is 0.699. The number of hydrogen-bond acceptors (Lipinski definition) is 6. The highest BCUT2D eigenvalue weighted by atomic mass is 16.5. The van der Waals surface area contributed by atoms with E-state index in [1.165, 1.54) is 30.3 Å². The fourth-order valence-electron chi connectivity index (χ4n) is 4.47. The molecule has 6 rings (SSSR count). The van der Waals surface area contributed by atoms with E-state index in [2.05, 4.69) is 36.1 Å². The average Bonchev–Trinajstić information content (AvgIpc) is 3.48. The number of aromatic nitrogens is 6. The highest BCUT2D eigenvalue weighted by Crippen LogP contribution is 2.34. The molecule has 1 aliphatic rings. The lowest BCUT2D eigenvalue weighted by Crippen LogP contribution is -2.29. The lowest BCUT2D eigenvalue weighted by atomic mass is 10.1. The zero-order chi connectivity index (χ0) is 21.5. The number of nitrogens with zero attached hydrogens (tertiary/aromatic N) is 5. The molecule has 5 aromatic rings. The Morgan fingerprint density at radius 2 is 1.81 bits per heavy atom. The second-order valence-corrected chi connectivity index (χ2v) is 8.13. The molecule has 0 bridgehead atoms. The van der Waals surface area contributed by atoms with Gasteiger partial charge in [0.15, 0.2) is 0 Å². The number of piperidine rings is 1. The van der Waals surface area contributed by atoms with Crippen molar-refractivity contribution in [3.05, 3.63) is 49.1 Å². The van der Waals surface area contributed by atoms with Gasteiger partial charge in [-0.15, -0.1) is 0 Å². The summed E-state index contributed by atoms with van der Waals surface area (Å²) >= 11 is 0. The van der Waals surface area contributed by atoms with Crippen LogP contribution >= 0.6 is 0 Å². The minimum absolute atomic E-state index is 0.699. The molecule has 1 fully saturated rings. The summed E-state index contributed by atoms with van der Waals surface area (Å²) in [5, 5.41) is 8.86. The highest BCUT2D eigenvalue weighted by Gasteiger charge is 2.18. The molecule has 0 atom stereocenters. The van der Waals surface area contributed by atoms with E-state index >= 15 is 0 Å². The second-order valence-electron chi connectivity index (χ2n) is 8.13. The Labute approximate surface area is 184 Å². The lowest BCUT2D eigenvalue weighted by Gasteiger charge is -2.28. The van der Waals surface area contributed by atoms with Crippen LogP contribution in [0.2, 0.25) is 0 Å². The Hall–Kier alpha value is -3.94. The van der Waals surface area contributed by atoms with Gasteiger partial charge in [-0.2, -0.15) is 5.10 Å². The molecule has 0 spiro atoms. The summed E-state index contributed by atoms with van der Waals surface area (Å²) in [6, 6.07) is 8.06. The Balaban J connectivity index is 1.45. The molecule has 2 N–H and O–H groups in total. The minimum atomic E-state index is 0.699. The van der Waals surface area contributed by atoms with Crippen molar-refractivity contribution in [1.29, 1.82) is 0 Å². The van der Waals surface area contributed by atoms with Gasteiger partial charge < -0.3 is 14.6 Å². The Kier molecular flexibility index (Phi) is 4.49. The number of nitrogens with one attached hydrogen (secondary N) is 2. The van der Waals surface area contributed by atoms with Gasteiger partial charge in [0, 0.05) is 30.2 Å². The summed E-state index contributed by atoms with van der Waals surface area (Å²) in [7, 11) is 1.63. The van der Waals surface area contributed by atoms with Gasteiger partial charge in [0.05, 0.1) is 53.8 Å². The van der Waals surface area contributed by atoms with Crippen molar-refractivity contribution in [3.63, 3.8) is 0 Å². The van der Waals surface area contributed by atoms with Crippen LogP contribution < -0.4 is 9.64 Å². The lowest BCUT2D eigenvalue weighted by molar-refractivity contribution is 0.413. The highest BCUT2D eigenvalue weighted by molar-refractivity contribution is 5.98. The molecule has 0 saturated carbocycles. The van der Waals surface area contributed by atoms with E-state index in [9.17, 15) is 0 Å². The molecule has 160 valence electrons. The Morgan fingerprint density at radius 1 is 0.938 bits per heavy atom. The molecule has 0 aliphatic carbocycles. The van der Waals surface area contributed by atoms with Crippen LogP contribution in [0, 0.1) is 0 Å². The zero-order valence-electron chi connectivity index (χ0n) is 17.8. The number of aromatic amines is 2. The first-order valence-corrected chi connectivity index (χ1v) is 10.9. The fraction of sp³-hybridized carbons (Fsp3) is 0.250. The second kappa shape index (κ2) is 7.64. The molecule has 1 aliphatic heterocycles. The van der Waals surface area contributed by atoms with E-state index in [0.717, 1.165) is 52.3 Å². The maximum atomic E-state index is 5.31. The molecular formula is C24H23N7O. The number of anilines is 1. The van der Waals surface area contributed by atoms with Crippen LogP contribution in [0.3, 0.4) is 0 Å². The van der Waals surface area contributed by atoms with E-state index in [4.69, 9.17) is 9.72 Å². The smallest absolute Gasteiger partial charge is 0.137 e. The molecule has 0 aromatic carbocycles. The van der Waals surface area contributed by atoms with Gasteiger partial charge in [-0.25, -0.2) is 4.98 Å². The van der Waals surface area contributed by atoms with E-state index < -0.39 is 0 Å². The van der Waals surface area contributed by atoms with Crippen LogP contribution in [0.25, 0.3) is 44.6 Å². The predicted molar refractivity (Wildman–Crippen MR) is 125 cm³/mol. The van der Waals surface area contributed by atoms with Crippen LogP contribution in [-0.2, 0) is 0 Å². The van der Waals surface area contributed by atoms with Gasteiger partial charge in [-0.1, -0.05) is 0 Å².